The van der Waals surface area contributed by atoms with E-state index in [1.807, 2.05) is 13.8 Å². The molecule has 1 atom stereocenters. The Morgan fingerprint density at radius 2 is 2.27 bits per heavy atom. The maximum atomic E-state index is 12.0. The number of rotatable bonds is 5. The molecule has 2 aromatic rings. The molecule has 0 radical (unpaired) electrons. The van der Waals surface area contributed by atoms with Crippen molar-refractivity contribution in [1.29, 1.82) is 0 Å². The molecule has 22 heavy (non-hydrogen) atoms. The van der Waals surface area contributed by atoms with Gasteiger partial charge in [0.2, 0.25) is 11.0 Å². The number of ether oxygens (including phenoxy) is 1. The fourth-order valence-electron chi connectivity index (χ4n) is 2.47. The number of carbonyl (C=O) groups excluding carboxylic acids is 1. The van der Waals surface area contributed by atoms with Crippen LogP contribution in [0, 0.1) is 13.8 Å². The minimum absolute atomic E-state index is 0.0328. The zero-order valence-corrected chi connectivity index (χ0v) is 13.4. The third-order valence-corrected chi connectivity index (χ3v) is 4.61. The summed E-state index contributed by atoms with van der Waals surface area (Å²) in [6.45, 7) is 4.50. The van der Waals surface area contributed by atoms with Gasteiger partial charge in [0.05, 0.1) is 5.69 Å². The maximum absolute atomic E-state index is 12.0. The van der Waals surface area contributed by atoms with Gasteiger partial charge in [-0.3, -0.25) is 4.79 Å². The van der Waals surface area contributed by atoms with Crippen molar-refractivity contribution in [3.63, 3.8) is 0 Å². The predicted molar refractivity (Wildman–Crippen MR) is 80.8 cm³/mol. The lowest BCUT2D eigenvalue weighted by Gasteiger charge is -2.02. The summed E-state index contributed by atoms with van der Waals surface area (Å²) in [7, 11) is 0. The summed E-state index contributed by atoms with van der Waals surface area (Å²) < 4.78 is 10.6. The second kappa shape index (κ2) is 6.53. The van der Waals surface area contributed by atoms with Gasteiger partial charge in [0.1, 0.15) is 16.9 Å². The second-order valence-electron chi connectivity index (χ2n) is 5.30. The molecular weight excluding hydrogens is 304 g/mol. The van der Waals surface area contributed by atoms with E-state index in [0.717, 1.165) is 41.5 Å². The largest absolute Gasteiger partial charge is 0.371 e. The molecule has 3 heterocycles. The minimum Gasteiger partial charge on any atom is -0.371 e. The monoisotopic (exact) mass is 322 g/mol. The topological polar surface area (TPSA) is 90.1 Å². The summed E-state index contributed by atoms with van der Waals surface area (Å²) in [5, 5.41) is 16.1. The van der Waals surface area contributed by atoms with Crippen LogP contribution in [0.25, 0.3) is 0 Å². The molecule has 3 rings (SSSR count). The number of nitrogens with one attached hydrogen (secondary N) is 1. The summed E-state index contributed by atoms with van der Waals surface area (Å²) in [6.07, 6.45) is 3.01. The van der Waals surface area contributed by atoms with E-state index in [9.17, 15) is 4.79 Å². The van der Waals surface area contributed by atoms with E-state index in [1.54, 1.807) is 0 Å². The van der Waals surface area contributed by atoms with Gasteiger partial charge in [-0.05, 0) is 33.1 Å². The van der Waals surface area contributed by atoms with Crippen molar-refractivity contribution in [1.82, 2.24) is 15.4 Å². The van der Waals surface area contributed by atoms with Crippen molar-refractivity contribution in [2.24, 2.45) is 0 Å². The smallest absolute Gasteiger partial charge is 0.226 e. The molecule has 8 heteroatoms. The third-order valence-electron chi connectivity index (χ3n) is 3.68. The van der Waals surface area contributed by atoms with E-state index in [-0.39, 0.29) is 12.0 Å². The molecule has 0 saturated carbocycles. The Hall–Kier alpha value is -1.80. The molecule has 0 aliphatic carbocycles. The van der Waals surface area contributed by atoms with Crippen molar-refractivity contribution in [2.75, 3.05) is 11.9 Å². The van der Waals surface area contributed by atoms with E-state index in [1.165, 1.54) is 11.3 Å². The van der Waals surface area contributed by atoms with E-state index in [0.29, 0.717) is 18.0 Å². The normalized spacial score (nSPS) is 17.8. The molecule has 2 aromatic heterocycles. The van der Waals surface area contributed by atoms with Gasteiger partial charge >= 0.3 is 0 Å². The van der Waals surface area contributed by atoms with Crippen LogP contribution in [0.4, 0.5) is 5.13 Å². The number of nitrogens with zero attached hydrogens (tertiary/aromatic N) is 3. The van der Waals surface area contributed by atoms with Crippen LogP contribution in [-0.4, -0.2) is 27.9 Å². The lowest BCUT2D eigenvalue weighted by molar-refractivity contribution is -0.116. The number of hydrogen-bond acceptors (Lipinski definition) is 7. The van der Waals surface area contributed by atoms with Gasteiger partial charge in [-0.25, -0.2) is 0 Å². The minimum atomic E-state index is -0.0879. The highest BCUT2D eigenvalue weighted by Crippen LogP contribution is 2.31. The van der Waals surface area contributed by atoms with Gasteiger partial charge in [0, 0.05) is 18.6 Å². The van der Waals surface area contributed by atoms with Crippen molar-refractivity contribution in [2.45, 2.75) is 45.6 Å². The standard InChI is InChI=1S/C14H18N4O3S/c1-8-10(9(2)21-18-8)5-6-12(19)15-14-17-16-13(22-14)11-4-3-7-20-11/h11H,3-7H2,1-2H3,(H,15,17,19)/t11-/m1/s1. The van der Waals surface area contributed by atoms with Gasteiger partial charge in [-0.1, -0.05) is 16.5 Å². The Morgan fingerprint density at radius 1 is 1.41 bits per heavy atom. The molecule has 1 fully saturated rings. The maximum Gasteiger partial charge on any atom is 0.226 e. The molecule has 0 aromatic carbocycles. The van der Waals surface area contributed by atoms with Gasteiger partial charge < -0.3 is 14.6 Å². The summed E-state index contributed by atoms with van der Waals surface area (Å²) >= 11 is 1.38. The number of carbonyl (C=O) groups is 1. The molecule has 7 nitrogen and oxygen atoms in total. The van der Waals surface area contributed by atoms with E-state index in [4.69, 9.17) is 9.26 Å². The molecule has 1 amide bonds. The Labute approximate surface area is 132 Å². The van der Waals surface area contributed by atoms with E-state index in [2.05, 4.69) is 20.7 Å². The molecule has 0 spiro atoms. The molecule has 1 aliphatic rings. The van der Waals surface area contributed by atoms with Crippen LogP contribution in [0.1, 0.15) is 47.4 Å². The Balaban J connectivity index is 1.53. The summed E-state index contributed by atoms with van der Waals surface area (Å²) in [5.74, 6) is 0.678. The van der Waals surface area contributed by atoms with Crippen LogP contribution in [0.2, 0.25) is 0 Å². The summed E-state index contributed by atoms with van der Waals surface area (Å²) in [6, 6.07) is 0. The second-order valence-corrected chi connectivity index (χ2v) is 6.31. The van der Waals surface area contributed by atoms with Gasteiger partial charge in [0.25, 0.3) is 0 Å². The van der Waals surface area contributed by atoms with Crippen LogP contribution in [0.5, 0.6) is 0 Å². The summed E-state index contributed by atoms with van der Waals surface area (Å²) in [4.78, 5) is 12.0. The first-order valence-electron chi connectivity index (χ1n) is 7.30. The lowest BCUT2D eigenvalue weighted by atomic mass is 10.1. The quantitative estimate of drug-likeness (QED) is 0.910. The van der Waals surface area contributed by atoms with Crippen LogP contribution in [-0.2, 0) is 16.0 Å². The van der Waals surface area contributed by atoms with E-state index >= 15 is 0 Å². The van der Waals surface area contributed by atoms with Crippen LogP contribution >= 0.6 is 11.3 Å². The first-order chi connectivity index (χ1) is 10.6. The molecule has 1 saturated heterocycles. The average Bonchev–Trinajstić information content (AvgIpc) is 3.20. The van der Waals surface area contributed by atoms with Crippen molar-refractivity contribution < 1.29 is 14.1 Å². The van der Waals surface area contributed by atoms with Crippen LogP contribution in [0.15, 0.2) is 4.52 Å². The average molecular weight is 322 g/mol. The predicted octanol–water partition coefficient (Wildman–Crippen LogP) is 2.57. The highest BCUT2D eigenvalue weighted by Gasteiger charge is 2.22. The SMILES string of the molecule is Cc1noc(C)c1CCC(=O)Nc1nnc([C@H]2CCCO2)s1. The van der Waals surface area contributed by atoms with Gasteiger partial charge in [-0.15, -0.1) is 10.2 Å². The van der Waals surface area contributed by atoms with Gasteiger partial charge in [0.15, 0.2) is 0 Å². The first-order valence-corrected chi connectivity index (χ1v) is 8.11. The zero-order chi connectivity index (χ0) is 15.5. The van der Waals surface area contributed by atoms with E-state index < -0.39 is 0 Å². The highest BCUT2D eigenvalue weighted by atomic mass is 32.1. The highest BCUT2D eigenvalue weighted by molar-refractivity contribution is 7.15. The Morgan fingerprint density at radius 3 is 2.95 bits per heavy atom. The molecule has 0 bridgehead atoms. The fraction of sp³-hybridized carbons (Fsp3) is 0.571. The Bertz CT molecular complexity index is 641. The van der Waals surface area contributed by atoms with Crippen molar-refractivity contribution in [3.05, 3.63) is 22.0 Å². The first kappa shape index (κ1) is 15.1. The zero-order valence-electron chi connectivity index (χ0n) is 12.6. The molecule has 0 unspecified atom stereocenters. The van der Waals surface area contributed by atoms with Crippen molar-refractivity contribution in [3.8, 4) is 0 Å². The lowest BCUT2D eigenvalue weighted by Crippen LogP contribution is -2.12. The van der Waals surface area contributed by atoms with Crippen molar-refractivity contribution >= 4 is 22.4 Å². The number of hydrogen-bond donors (Lipinski definition) is 1. The molecule has 1 aliphatic heterocycles. The number of aryl methyl sites for hydroxylation is 2. The molecule has 1 N–H and O–H groups in total. The molecule has 118 valence electrons. The van der Waals surface area contributed by atoms with Gasteiger partial charge in [-0.2, -0.15) is 0 Å². The van der Waals surface area contributed by atoms with Crippen LogP contribution in [0.3, 0.4) is 0 Å². The fourth-order valence-corrected chi connectivity index (χ4v) is 3.31. The van der Waals surface area contributed by atoms with Crippen LogP contribution < -0.4 is 5.32 Å². The Kier molecular flexibility index (Phi) is 4.49. The number of aromatic nitrogens is 3. The third kappa shape index (κ3) is 3.33. The summed E-state index contributed by atoms with van der Waals surface area (Å²) in [5.41, 5.74) is 1.83. The number of amides is 1. The number of anilines is 1. The molecular formula is C14H18N4O3S.